The van der Waals surface area contributed by atoms with Crippen LogP contribution in [0.2, 0.25) is 0 Å². The van der Waals surface area contributed by atoms with E-state index in [4.69, 9.17) is 11.0 Å². The number of anilines is 2. The number of nitrogens with one attached hydrogen (secondary N) is 2. The topological polar surface area (TPSA) is 103 Å². The van der Waals surface area contributed by atoms with E-state index in [0.29, 0.717) is 18.1 Å². The second-order valence-electron chi connectivity index (χ2n) is 3.50. The van der Waals surface area contributed by atoms with Gasteiger partial charge < -0.3 is 16.0 Å². The fourth-order valence-corrected chi connectivity index (χ4v) is 1.40. The van der Waals surface area contributed by atoms with Gasteiger partial charge >= 0.3 is 0 Å². The van der Waals surface area contributed by atoms with Crippen LogP contribution < -0.4 is 11.1 Å². The van der Waals surface area contributed by atoms with Crippen molar-refractivity contribution >= 4 is 11.5 Å². The minimum Gasteiger partial charge on any atom is -0.396 e. The number of aromatic amines is 1. The molecule has 2 rings (SSSR count). The highest BCUT2D eigenvalue weighted by Gasteiger charge is 2.01. The van der Waals surface area contributed by atoms with Gasteiger partial charge in [0.05, 0.1) is 12.0 Å². The Morgan fingerprint density at radius 2 is 2.35 bits per heavy atom. The van der Waals surface area contributed by atoms with Crippen molar-refractivity contribution in [1.82, 2.24) is 15.0 Å². The zero-order chi connectivity index (χ0) is 12.1. The molecule has 2 heterocycles. The highest BCUT2D eigenvalue weighted by Crippen LogP contribution is 2.11. The second-order valence-corrected chi connectivity index (χ2v) is 3.50. The molecule has 0 aromatic carbocycles. The predicted octanol–water partition coefficient (Wildman–Crippen LogP) is 0.913. The molecule has 0 aliphatic rings. The Labute approximate surface area is 98.5 Å². The van der Waals surface area contributed by atoms with Crippen LogP contribution in [0.15, 0.2) is 24.7 Å². The van der Waals surface area contributed by atoms with Crippen molar-refractivity contribution in [3.05, 3.63) is 36.0 Å². The van der Waals surface area contributed by atoms with E-state index < -0.39 is 0 Å². The molecule has 0 unspecified atom stereocenters. The summed E-state index contributed by atoms with van der Waals surface area (Å²) >= 11 is 0. The molecule has 0 spiro atoms. The van der Waals surface area contributed by atoms with Crippen molar-refractivity contribution in [1.29, 1.82) is 5.26 Å². The maximum atomic E-state index is 8.78. The maximum Gasteiger partial charge on any atom is 0.165 e. The van der Waals surface area contributed by atoms with Crippen molar-refractivity contribution in [2.75, 3.05) is 17.6 Å². The smallest absolute Gasteiger partial charge is 0.165 e. The van der Waals surface area contributed by atoms with Crippen molar-refractivity contribution in [3.8, 4) is 6.07 Å². The fraction of sp³-hybridized carbons (Fsp3) is 0.182. The number of hydrogen-bond donors (Lipinski definition) is 3. The van der Waals surface area contributed by atoms with E-state index in [0.717, 1.165) is 12.1 Å². The molecule has 0 bridgehead atoms. The van der Waals surface area contributed by atoms with Gasteiger partial charge in [-0.2, -0.15) is 5.26 Å². The molecule has 0 aliphatic heterocycles. The van der Waals surface area contributed by atoms with Gasteiger partial charge in [-0.05, 0) is 12.1 Å². The van der Waals surface area contributed by atoms with E-state index >= 15 is 0 Å². The van der Waals surface area contributed by atoms with Crippen molar-refractivity contribution in [2.45, 2.75) is 6.42 Å². The highest BCUT2D eigenvalue weighted by atomic mass is 15.0. The van der Waals surface area contributed by atoms with Crippen LogP contribution in [0.4, 0.5) is 11.5 Å². The standard InChI is InChI=1S/C11H12N6/c12-5-10-9(13)1-2-11(17-10)15-4-3-8-6-14-7-16-8/h1-2,6-7H,3-4,13H2,(H,14,16)(H,15,17). The van der Waals surface area contributed by atoms with Gasteiger partial charge in [-0.1, -0.05) is 0 Å². The van der Waals surface area contributed by atoms with Gasteiger partial charge in [0, 0.05) is 24.9 Å². The summed E-state index contributed by atoms with van der Waals surface area (Å²) in [5, 5.41) is 11.9. The van der Waals surface area contributed by atoms with Gasteiger partial charge in [-0.15, -0.1) is 0 Å². The lowest BCUT2D eigenvalue weighted by Crippen LogP contribution is -2.07. The number of rotatable bonds is 4. The van der Waals surface area contributed by atoms with Crippen LogP contribution in [0, 0.1) is 11.3 Å². The molecule has 0 amide bonds. The first kappa shape index (κ1) is 11.0. The minimum atomic E-state index is 0.247. The molecular formula is C11H12N6. The number of pyridine rings is 1. The van der Waals surface area contributed by atoms with Gasteiger partial charge in [-0.3, -0.25) is 0 Å². The van der Waals surface area contributed by atoms with Crippen LogP contribution in [0.5, 0.6) is 0 Å². The summed E-state index contributed by atoms with van der Waals surface area (Å²) in [7, 11) is 0. The summed E-state index contributed by atoms with van der Waals surface area (Å²) < 4.78 is 0. The van der Waals surface area contributed by atoms with Crippen LogP contribution in [0.3, 0.4) is 0 Å². The summed E-state index contributed by atoms with van der Waals surface area (Å²) in [6.07, 6.45) is 4.23. The molecule has 86 valence electrons. The van der Waals surface area contributed by atoms with Gasteiger partial charge in [0.15, 0.2) is 5.69 Å². The van der Waals surface area contributed by atoms with Gasteiger partial charge in [0.25, 0.3) is 0 Å². The van der Waals surface area contributed by atoms with E-state index in [2.05, 4.69) is 20.3 Å². The summed E-state index contributed by atoms with van der Waals surface area (Å²) in [4.78, 5) is 11.0. The monoisotopic (exact) mass is 228 g/mol. The molecule has 4 N–H and O–H groups in total. The molecule has 0 radical (unpaired) electrons. The zero-order valence-corrected chi connectivity index (χ0v) is 9.14. The number of nitrogen functional groups attached to an aromatic ring is 1. The Kier molecular flexibility index (Phi) is 3.21. The lowest BCUT2D eigenvalue weighted by atomic mass is 10.3. The first-order valence-corrected chi connectivity index (χ1v) is 5.17. The molecule has 0 atom stereocenters. The molecule has 2 aromatic rings. The number of imidazole rings is 1. The molecule has 17 heavy (non-hydrogen) atoms. The Balaban J connectivity index is 1.93. The molecule has 6 nitrogen and oxygen atoms in total. The third-order valence-corrected chi connectivity index (χ3v) is 2.29. The summed E-state index contributed by atoms with van der Waals surface area (Å²) in [6.45, 7) is 0.712. The first-order chi connectivity index (χ1) is 8.29. The molecule has 0 saturated carbocycles. The molecular weight excluding hydrogens is 216 g/mol. The van der Waals surface area contributed by atoms with Gasteiger partial charge in [0.1, 0.15) is 11.9 Å². The SMILES string of the molecule is N#Cc1nc(NCCc2cnc[nH]2)ccc1N. The molecule has 0 fully saturated rings. The van der Waals surface area contributed by atoms with E-state index in [1.165, 1.54) is 0 Å². The number of H-pyrrole nitrogens is 1. The van der Waals surface area contributed by atoms with Crippen molar-refractivity contribution < 1.29 is 0 Å². The van der Waals surface area contributed by atoms with Crippen molar-refractivity contribution in [3.63, 3.8) is 0 Å². The van der Waals surface area contributed by atoms with Crippen molar-refractivity contribution in [2.24, 2.45) is 0 Å². The number of nitrogens with two attached hydrogens (primary N) is 1. The lowest BCUT2D eigenvalue weighted by Gasteiger charge is -2.05. The van der Waals surface area contributed by atoms with Gasteiger partial charge in [0.2, 0.25) is 0 Å². The summed E-state index contributed by atoms with van der Waals surface area (Å²) in [5.74, 6) is 0.648. The first-order valence-electron chi connectivity index (χ1n) is 5.17. The zero-order valence-electron chi connectivity index (χ0n) is 9.14. The third-order valence-electron chi connectivity index (χ3n) is 2.29. The van der Waals surface area contributed by atoms with Crippen LogP contribution in [0.1, 0.15) is 11.4 Å². The Bertz CT molecular complexity index is 525. The van der Waals surface area contributed by atoms with Crippen LogP contribution in [0.25, 0.3) is 0 Å². The molecule has 6 heteroatoms. The van der Waals surface area contributed by atoms with E-state index in [9.17, 15) is 0 Å². The number of nitrogens with zero attached hydrogens (tertiary/aromatic N) is 3. The summed E-state index contributed by atoms with van der Waals surface area (Å²) in [6, 6.07) is 5.37. The highest BCUT2D eigenvalue weighted by molar-refractivity contribution is 5.54. The Hall–Kier alpha value is -2.55. The van der Waals surface area contributed by atoms with Gasteiger partial charge in [-0.25, -0.2) is 9.97 Å². The molecule has 0 aliphatic carbocycles. The largest absolute Gasteiger partial charge is 0.396 e. The van der Waals surface area contributed by atoms with E-state index in [1.54, 1.807) is 24.7 Å². The van der Waals surface area contributed by atoms with Crippen LogP contribution in [-0.2, 0) is 6.42 Å². The van der Waals surface area contributed by atoms with E-state index in [1.807, 2.05) is 6.07 Å². The fourth-order valence-electron chi connectivity index (χ4n) is 1.40. The average molecular weight is 228 g/mol. The second kappa shape index (κ2) is 4.99. The normalized spacial score (nSPS) is 9.82. The lowest BCUT2D eigenvalue weighted by molar-refractivity contribution is 0.967. The predicted molar refractivity (Wildman–Crippen MR) is 64.1 cm³/mol. The molecule has 2 aromatic heterocycles. The Morgan fingerprint density at radius 3 is 3.06 bits per heavy atom. The Morgan fingerprint density at radius 1 is 1.47 bits per heavy atom. The van der Waals surface area contributed by atoms with Crippen LogP contribution >= 0.6 is 0 Å². The molecule has 0 saturated heterocycles. The van der Waals surface area contributed by atoms with Crippen LogP contribution in [-0.4, -0.2) is 21.5 Å². The van der Waals surface area contributed by atoms with E-state index in [-0.39, 0.29) is 5.69 Å². The number of nitriles is 1. The minimum absolute atomic E-state index is 0.247. The number of aromatic nitrogens is 3. The quantitative estimate of drug-likeness (QED) is 0.721. The average Bonchev–Trinajstić information content (AvgIpc) is 2.84. The third kappa shape index (κ3) is 2.72. The maximum absolute atomic E-state index is 8.78. The number of hydrogen-bond acceptors (Lipinski definition) is 5. The summed E-state index contributed by atoms with van der Waals surface area (Å²) in [5.41, 5.74) is 7.27.